The average Bonchev–Trinajstić information content (AvgIpc) is 3.24. The van der Waals surface area contributed by atoms with Crippen LogP contribution in [0.5, 0.6) is 0 Å². The van der Waals surface area contributed by atoms with Crippen molar-refractivity contribution in [2.75, 3.05) is 6.61 Å². The molecule has 0 spiro atoms. The first-order valence-electron chi connectivity index (χ1n) is 6.68. The second kappa shape index (κ2) is 5.77. The van der Waals surface area contributed by atoms with Crippen molar-refractivity contribution in [1.82, 2.24) is 0 Å². The van der Waals surface area contributed by atoms with Crippen LogP contribution in [0, 0.1) is 6.92 Å². The van der Waals surface area contributed by atoms with Gasteiger partial charge in [-0.2, -0.15) is 0 Å². The molecule has 1 aliphatic heterocycles. The molecule has 0 N–H and O–H groups in total. The molecule has 1 aliphatic rings. The van der Waals surface area contributed by atoms with Crippen LogP contribution in [0.3, 0.4) is 0 Å². The molecule has 0 bridgehead atoms. The van der Waals surface area contributed by atoms with Gasteiger partial charge in [0.15, 0.2) is 0 Å². The highest BCUT2D eigenvalue weighted by molar-refractivity contribution is 6.30. The summed E-state index contributed by atoms with van der Waals surface area (Å²) in [6, 6.07) is 16.4. The largest absolute Gasteiger partial charge is 0.359 e. The summed E-state index contributed by atoms with van der Waals surface area (Å²) in [4.78, 5) is 0. The Morgan fingerprint density at radius 2 is 1.32 bits per heavy atom. The number of rotatable bonds is 2. The van der Waals surface area contributed by atoms with E-state index in [9.17, 15) is 0 Å². The first-order chi connectivity index (χ1) is 9.21. The van der Waals surface area contributed by atoms with Gasteiger partial charge >= 0.3 is 0 Å². The molecule has 1 saturated heterocycles. The molecule has 0 radical (unpaired) electrons. The SMILES string of the molecule is CC.Cc1ccc(C2(c3ccc(Cl)cc3)CO2)cc1. The van der Waals surface area contributed by atoms with Crippen molar-refractivity contribution < 1.29 is 4.74 Å². The lowest BCUT2D eigenvalue weighted by molar-refractivity contribution is 0.349. The number of hydrogen-bond acceptors (Lipinski definition) is 1. The standard InChI is InChI=1S/C15H13ClO.C2H6/c1-11-2-4-12(5-3-11)15(10-17-15)13-6-8-14(16)9-7-13;1-2/h2-9H,10H2,1H3;1-2H3. The molecule has 2 heteroatoms. The Labute approximate surface area is 120 Å². The Bertz CT molecular complexity index is 477. The van der Waals surface area contributed by atoms with Gasteiger partial charge in [0.25, 0.3) is 0 Å². The van der Waals surface area contributed by atoms with E-state index in [1.807, 2.05) is 38.1 Å². The van der Waals surface area contributed by atoms with E-state index in [2.05, 4.69) is 31.2 Å². The van der Waals surface area contributed by atoms with E-state index in [4.69, 9.17) is 16.3 Å². The summed E-state index contributed by atoms with van der Waals surface area (Å²) in [7, 11) is 0. The van der Waals surface area contributed by atoms with Crippen molar-refractivity contribution >= 4 is 11.6 Å². The fourth-order valence-corrected chi connectivity index (χ4v) is 2.24. The van der Waals surface area contributed by atoms with Crippen molar-refractivity contribution in [3.63, 3.8) is 0 Å². The Morgan fingerprint density at radius 3 is 1.74 bits per heavy atom. The minimum atomic E-state index is -0.238. The van der Waals surface area contributed by atoms with Crippen LogP contribution in [-0.4, -0.2) is 6.61 Å². The van der Waals surface area contributed by atoms with Crippen LogP contribution in [0.25, 0.3) is 0 Å². The van der Waals surface area contributed by atoms with Crippen LogP contribution < -0.4 is 0 Å². The van der Waals surface area contributed by atoms with Crippen LogP contribution in [-0.2, 0) is 10.3 Å². The van der Waals surface area contributed by atoms with Gasteiger partial charge in [-0.25, -0.2) is 0 Å². The summed E-state index contributed by atoms with van der Waals surface area (Å²) in [5, 5.41) is 0.758. The van der Waals surface area contributed by atoms with Gasteiger partial charge in [0, 0.05) is 5.02 Å². The Morgan fingerprint density at radius 1 is 0.895 bits per heavy atom. The predicted octanol–water partition coefficient (Wildman–Crippen LogP) is 4.95. The van der Waals surface area contributed by atoms with Crippen LogP contribution in [0.1, 0.15) is 30.5 Å². The van der Waals surface area contributed by atoms with Crippen LogP contribution in [0.4, 0.5) is 0 Å². The first-order valence-corrected chi connectivity index (χ1v) is 7.06. The predicted molar refractivity (Wildman–Crippen MR) is 80.7 cm³/mol. The van der Waals surface area contributed by atoms with E-state index in [0.29, 0.717) is 0 Å². The van der Waals surface area contributed by atoms with E-state index in [1.165, 1.54) is 16.7 Å². The minimum absolute atomic E-state index is 0.238. The van der Waals surface area contributed by atoms with E-state index in [-0.39, 0.29) is 5.60 Å². The highest BCUT2D eigenvalue weighted by atomic mass is 35.5. The topological polar surface area (TPSA) is 12.5 Å². The summed E-state index contributed by atoms with van der Waals surface area (Å²) in [5.74, 6) is 0. The summed E-state index contributed by atoms with van der Waals surface area (Å²) < 4.78 is 5.70. The third-order valence-electron chi connectivity index (χ3n) is 3.26. The number of benzene rings is 2. The molecule has 0 saturated carbocycles. The highest BCUT2D eigenvalue weighted by Gasteiger charge is 2.47. The van der Waals surface area contributed by atoms with Crippen molar-refractivity contribution in [2.24, 2.45) is 0 Å². The maximum atomic E-state index is 5.91. The van der Waals surface area contributed by atoms with Gasteiger partial charge in [-0.1, -0.05) is 67.4 Å². The third-order valence-corrected chi connectivity index (χ3v) is 3.51. The molecular formula is C17H19ClO. The van der Waals surface area contributed by atoms with Crippen molar-refractivity contribution in [3.8, 4) is 0 Å². The number of ether oxygens (including phenoxy) is 1. The van der Waals surface area contributed by atoms with Gasteiger partial charge in [0.1, 0.15) is 5.60 Å². The number of hydrogen-bond donors (Lipinski definition) is 0. The zero-order valence-corrected chi connectivity index (χ0v) is 12.4. The lowest BCUT2D eigenvalue weighted by Gasteiger charge is -2.13. The van der Waals surface area contributed by atoms with Gasteiger partial charge in [0.05, 0.1) is 6.61 Å². The van der Waals surface area contributed by atoms with Gasteiger partial charge in [-0.05, 0) is 30.2 Å². The molecular weight excluding hydrogens is 256 g/mol. The summed E-state index contributed by atoms with van der Waals surface area (Å²) >= 11 is 5.91. The van der Waals surface area contributed by atoms with Crippen molar-refractivity contribution in [3.05, 3.63) is 70.2 Å². The van der Waals surface area contributed by atoms with Crippen LogP contribution >= 0.6 is 11.6 Å². The Hall–Kier alpha value is -1.31. The average molecular weight is 275 g/mol. The summed E-state index contributed by atoms with van der Waals surface area (Å²) in [6.07, 6.45) is 0. The third kappa shape index (κ3) is 2.83. The molecule has 1 atom stereocenters. The zero-order chi connectivity index (χ0) is 13.9. The smallest absolute Gasteiger partial charge is 0.142 e. The fourth-order valence-electron chi connectivity index (χ4n) is 2.11. The molecule has 1 fully saturated rings. The molecule has 0 aromatic heterocycles. The molecule has 0 aliphatic carbocycles. The zero-order valence-electron chi connectivity index (χ0n) is 11.6. The molecule has 19 heavy (non-hydrogen) atoms. The van der Waals surface area contributed by atoms with Gasteiger partial charge < -0.3 is 4.74 Å². The molecule has 0 amide bonds. The Kier molecular flexibility index (Phi) is 4.28. The fraction of sp³-hybridized carbons (Fsp3) is 0.294. The normalized spacial score (nSPS) is 20.4. The van der Waals surface area contributed by atoms with Crippen molar-refractivity contribution in [1.29, 1.82) is 0 Å². The Balaban J connectivity index is 0.000000637. The van der Waals surface area contributed by atoms with Gasteiger partial charge in [-0.3, -0.25) is 0 Å². The molecule has 100 valence electrons. The second-order valence-corrected chi connectivity index (χ2v) is 4.93. The summed E-state index contributed by atoms with van der Waals surface area (Å²) in [5.41, 5.74) is 3.41. The molecule has 2 aromatic rings. The van der Waals surface area contributed by atoms with Crippen molar-refractivity contribution in [2.45, 2.75) is 26.4 Å². The molecule has 1 unspecified atom stereocenters. The highest BCUT2D eigenvalue weighted by Crippen LogP contribution is 2.45. The van der Waals surface area contributed by atoms with Crippen LogP contribution in [0.15, 0.2) is 48.5 Å². The monoisotopic (exact) mass is 274 g/mol. The lowest BCUT2D eigenvalue weighted by atomic mass is 9.91. The number of epoxide rings is 1. The maximum Gasteiger partial charge on any atom is 0.142 e. The van der Waals surface area contributed by atoms with E-state index in [1.54, 1.807) is 0 Å². The number of aryl methyl sites for hydroxylation is 1. The van der Waals surface area contributed by atoms with E-state index in [0.717, 1.165) is 11.6 Å². The lowest BCUT2D eigenvalue weighted by Crippen LogP contribution is -2.10. The van der Waals surface area contributed by atoms with Gasteiger partial charge in [-0.15, -0.1) is 0 Å². The minimum Gasteiger partial charge on any atom is -0.359 e. The number of halogens is 1. The van der Waals surface area contributed by atoms with Gasteiger partial charge in [0.2, 0.25) is 0 Å². The second-order valence-electron chi connectivity index (χ2n) is 4.49. The van der Waals surface area contributed by atoms with E-state index >= 15 is 0 Å². The van der Waals surface area contributed by atoms with Crippen LogP contribution in [0.2, 0.25) is 5.02 Å². The molecule has 1 nitrogen and oxygen atoms in total. The molecule has 2 aromatic carbocycles. The summed E-state index contributed by atoms with van der Waals surface area (Å²) in [6.45, 7) is 6.84. The first kappa shape index (κ1) is 14.1. The van der Waals surface area contributed by atoms with E-state index < -0.39 is 0 Å². The maximum absolute atomic E-state index is 5.91. The quantitative estimate of drug-likeness (QED) is 0.706. The molecule has 3 rings (SSSR count). The molecule has 1 heterocycles.